The van der Waals surface area contributed by atoms with Crippen LogP contribution < -0.4 is 0 Å². The molecule has 0 aromatic rings. The smallest absolute Gasteiger partial charge is 0.156 e. The normalized spacial score (nSPS) is 43.9. The van der Waals surface area contributed by atoms with Crippen molar-refractivity contribution in [2.24, 2.45) is 5.92 Å². The molecule has 3 atom stereocenters. The highest BCUT2D eigenvalue weighted by molar-refractivity contribution is 5.08. The molecule has 1 heterocycles. The molecule has 1 aliphatic heterocycles. The van der Waals surface area contributed by atoms with Crippen LogP contribution >= 0.6 is 0 Å². The van der Waals surface area contributed by atoms with Crippen molar-refractivity contribution >= 4 is 0 Å². The molecule has 0 saturated carbocycles. The molecule has 0 radical (unpaired) electrons. The monoisotopic (exact) mass is 168 g/mol. The van der Waals surface area contributed by atoms with Crippen LogP contribution in [-0.4, -0.2) is 35.2 Å². The van der Waals surface area contributed by atoms with Gasteiger partial charge in [-0.25, -0.2) is 0 Å². The van der Waals surface area contributed by atoms with Crippen LogP contribution in [0.15, 0.2) is 0 Å². The van der Waals surface area contributed by atoms with Gasteiger partial charge in [-0.2, -0.15) is 5.26 Å². The minimum atomic E-state index is -1.11. The molecule has 0 bridgehead atoms. The quantitative estimate of drug-likeness (QED) is 0.539. The van der Waals surface area contributed by atoms with Crippen molar-refractivity contribution < 1.29 is 5.11 Å². The molecule has 0 spiro atoms. The maximum atomic E-state index is 9.85. The van der Waals surface area contributed by atoms with Gasteiger partial charge in [0.2, 0.25) is 0 Å². The number of likely N-dealkylation sites (tertiary alicyclic amines) is 1. The Hall–Kier alpha value is -0.590. The van der Waals surface area contributed by atoms with E-state index in [4.69, 9.17) is 5.26 Å². The molecule has 68 valence electrons. The van der Waals surface area contributed by atoms with Crippen molar-refractivity contribution in [2.75, 3.05) is 13.6 Å². The van der Waals surface area contributed by atoms with Gasteiger partial charge in [0, 0.05) is 24.9 Å². The molecule has 12 heavy (non-hydrogen) atoms. The Morgan fingerprint density at radius 3 is 2.67 bits per heavy atom. The van der Waals surface area contributed by atoms with Gasteiger partial charge >= 0.3 is 0 Å². The predicted octanol–water partition coefficient (Wildman–Crippen LogP) is 0.601. The summed E-state index contributed by atoms with van der Waals surface area (Å²) < 4.78 is 0. The van der Waals surface area contributed by atoms with Crippen molar-refractivity contribution in [3.63, 3.8) is 0 Å². The summed E-state index contributed by atoms with van der Waals surface area (Å²) in [5.41, 5.74) is -1.11. The Labute approximate surface area is 73.6 Å². The van der Waals surface area contributed by atoms with Crippen molar-refractivity contribution in [1.29, 1.82) is 5.26 Å². The van der Waals surface area contributed by atoms with Crippen molar-refractivity contribution in [3.8, 4) is 6.07 Å². The summed E-state index contributed by atoms with van der Waals surface area (Å²) in [7, 11) is 2.03. The lowest BCUT2D eigenvalue weighted by Crippen LogP contribution is -2.52. The van der Waals surface area contributed by atoms with E-state index in [-0.39, 0.29) is 5.92 Å². The van der Waals surface area contributed by atoms with Crippen molar-refractivity contribution in [2.45, 2.75) is 31.9 Å². The zero-order valence-electron chi connectivity index (χ0n) is 7.91. The number of piperidine rings is 1. The third-order valence-corrected chi connectivity index (χ3v) is 2.93. The Bertz CT molecular complexity index is 211. The minimum absolute atomic E-state index is 0.0451. The summed E-state index contributed by atoms with van der Waals surface area (Å²) in [6, 6.07) is 2.31. The Kier molecular flexibility index (Phi) is 2.41. The largest absolute Gasteiger partial charge is 0.375 e. The molecule has 3 nitrogen and oxygen atoms in total. The summed E-state index contributed by atoms with van der Waals surface area (Å²) in [5, 5.41) is 18.7. The highest BCUT2D eigenvalue weighted by Crippen LogP contribution is 2.29. The molecule has 0 aliphatic carbocycles. The Balaban J connectivity index is 2.76. The fourth-order valence-electron chi connectivity index (χ4n) is 1.73. The van der Waals surface area contributed by atoms with Crippen molar-refractivity contribution in [1.82, 2.24) is 4.90 Å². The second-order valence-corrected chi connectivity index (χ2v) is 3.93. The first-order valence-electron chi connectivity index (χ1n) is 4.33. The molecular weight excluding hydrogens is 152 g/mol. The first kappa shape index (κ1) is 9.50. The lowest BCUT2D eigenvalue weighted by molar-refractivity contribution is -0.0361. The standard InChI is InChI=1S/C9H16N2O/c1-7-5-11(3)8(2)4-9(7,12)6-10/h7-8,12H,4-5H2,1-3H3/t7-,8-,9+/m0/s1. The summed E-state index contributed by atoms with van der Waals surface area (Å²) in [4.78, 5) is 2.18. The molecule has 1 saturated heterocycles. The summed E-state index contributed by atoms with van der Waals surface area (Å²) >= 11 is 0. The maximum absolute atomic E-state index is 9.85. The minimum Gasteiger partial charge on any atom is -0.375 e. The van der Waals surface area contributed by atoms with E-state index in [9.17, 15) is 5.11 Å². The number of nitrogens with zero attached hydrogens (tertiary/aromatic N) is 2. The summed E-state index contributed by atoms with van der Waals surface area (Å²) in [6.45, 7) is 4.75. The van der Waals surface area contributed by atoms with Gasteiger partial charge in [-0.1, -0.05) is 6.92 Å². The second-order valence-electron chi connectivity index (χ2n) is 3.93. The van der Waals surface area contributed by atoms with E-state index < -0.39 is 5.60 Å². The number of aliphatic hydroxyl groups is 1. The number of hydrogen-bond acceptors (Lipinski definition) is 3. The number of hydrogen-bond donors (Lipinski definition) is 1. The first-order valence-corrected chi connectivity index (χ1v) is 4.33. The van der Waals surface area contributed by atoms with E-state index in [1.165, 1.54) is 0 Å². The molecule has 3 heteroatoms. The molecule has 0 aromatic carbocycles. The van der Waals surface area contributed by atoms with E-state index >= 15 is 0 Å². The van der Waals surface area contributed by atoms with Gasteiger partial charge in [-0.3, -0.25) is 0 Å². The lowest BCUT2D eigenvalue weighted by Gasteiger charge is -2.41. The second kappa shape index (κ2) is 3.04. The molecular formula is C9H16N2O. The van der Waals surface area contributed by atoms with Gasteiger partial charge in [0.15, 0.2) is 5.60 Å². The summed E-state index contributed by atoms with van der Waals surface area (Å²) in [5.74, 6) is 0.0451. The highest BCUT2D eigenvalue weighted by Gasteiger charge is 2.41. The van der Waals surface area contributed by atoms with E-state index in [1.54, 1.807) is 0 Å². The molecule has 1 aliphatic rings. The number of rotatable bonds is 0. The number of nitriles is 1. The van der Waals surface area contributed by atoms with E-state index in [0.29, 0.717) is 12.5 Å². The highest BCUT2D eigenvalue weighted by atomic mass is 16.3. The SMILES string of the molecule is C[C@H]1C[C@@](O)(C#N)[C@@H](C)CN1C. The van der Waals surface area contributed by atoms with E-state index in [2.05, 4.69) is 4.90 Å². The van der Waals surface area contributed by atoms with Crippen LogP contribution in [0.5, 0.6) is 0 Å². The molecule has 0 aromatic heterocycles. The molecule has 1 rings (SSSR count). The Morgan fingerprint density at radius 1 is 1.58 bits per heavy atom. The van der Waals surface area contributed by atoms with Crippen LogP contribution in [-0.2, 0) is 0 Å². The maximum Gasteiger partial charge on any atom is 0.156 e. The van der Waals surface area contributed by atoms with Gasteiger partial charge < -0.3 is 10.0 Å². The van der Waals surface area contributed by atoms with Gasteiger partial charge in [0.25, 0.3) is 0 Å². The lowest BCUT2D eigenvalue weighted by atomic mass is 9.80. The third-order valence-electron chi connectivity index (χ3n) is 2.93. The van der Waals surface area contributed by atoms with Crippen LogP contribution in [0.25, 0.3) is 0 Å². The zero-order valence-corrected chi connectivity index (χ0v) is 7.91. The van der Waals surface area contributed by atoms with Crippen LogP contribution in [0.3, 0.4) is 0 Å². The fourth-order valence-corrected chi connectivity index (χ4v) is 1.73. The van der Waals surface area contributed by atoms with E-state index in [0.717, 1.165) is 6.54 Å². The van der Waals surface area contributed by atoms with Gasteiger partial charge in [0.1, 0.15) is 0 Å². The van der Waals surface area contributed by atoms with Crippen molar-refractivity contribution in [3.05, 3.63) is 0 Å². The summed E-state index contributed by atoms with van der Waals surface area (Å²) in [6.07, 6.45) is 0.557. The third kappa shape index (κ3) is 1.45. The van der Waals surface area contributed by atoms with Gasteiger partial charge in [-0.05, 0) is 14.0 Å². The molecule has 1 fully saturated rings. The average molecular weight is 168 g/mol. The average Bonchev–Trinajstić information content (AvgIpc) is 2.01. The topological polar surface area (TPSA) is 47.3 Å². The Morgan fingerprint density at radius 2 is 2.17 bits per heavy atom. The molecule has 1 N–H and O–H groups in total. The van der Waals surface area contributed by atoms with Crippen LogP contribution in [0.1, 0.15) is 20.3 Å². The molecule has 0 amide bonds. The van der Waals surface area contributed by atoms with E-state index in [1.807, 2.05) is 27.0 Å². The van der Waals surface area contributed by atoms with Crippen LogP contribution in [0.2, 0.25) is 0 Å². The van der Waals surface area contributed by atoms with Crippen LogP contribution in [0, 0.1) is 17.2 Å². The predicted molar refractivity (Wildman–Crippen MR) is 46.4 cm³/mol. The van der Waals surface area contributed by atoms with Gasteiger partial charge in [0.05, 0.1) is 6.07 Å². The fraction of sp³-hybridized carbons (Fsp3) is 0.889. The zero-order chi connectivity index (χ0) is 9.35. The van der Waals surface area contributed by atoms with Crippen LogP contribution in [0.4, 0.5) is 0 Å². The molecule has 0 unspecified atom stereocenters. The first-order chi connectivity index (χ1) is 5.49. The van der Waals surface area contributed by atoms with Gasteiger partial charge in [-0.15, -0.1) is 0 Å².